The van der Waals surface area contributed by atoms with Crippen LogP contribution in [0.25, 0.3) is 0 Å². The van der Waals surface area contributed by atoms with E-state index in [1.165, 1.54) is 24.3 Å². The highest BCUT2D eigenvalue weighted by atomic mass is 35.5. The van der Waals surface area contributed by atoms with Gasteiger partial charge in [-0.1, -0.05) is 29.3 Å². The predicted octanol–water partition coefficient (Wildman–Crippen LogP) is 3.19. The number of carbonyl (C=O) groups is 1. The van der Waals surface area contributed by atoms with Gasteiger partial charge in [0, 0.05) is 23.2 Å². The molecule has 31 heavy (non-hydrogen) atoms. The SMILES string of the molecule is C[n+]1ccc(C(=O)Oc2ccc(Cl)cc2[N+](=O)[O-])cc1.Cc1ccc(S(=O)(=O)[O-])cc1. The number of aryl methyl sites for hydroxylation is 2. The summed E-state index contributed by atoms with van der Waals surface area (Å²) in [6, 6.07) is 12.7. The summed E-state index contributed by atoms with van der Waals surface area (Å²) < 4.78 is 38.0. The van der Waals surface area contributed by atoms with Crippen LogP contribution >= 0.6 is 11.6 Å². The van der Waals surface area contributed by atoms with Gasteiger partial charge in [0.05, 0.1) is 15.4 Å². The second kappa shape index (κ2) is 10.1. The van der Waals surface area contributed by atoms with Gasteiger partial charge in [0.2, 0.25) is 5.75 Å². The third-order valence-corrected chi connectivity index (χ3v) is 4.93. The molecule has 0 aliphatic carbocycles. The van der Waals surface area contributed by atoms with Gasteiger partial charge in [0.25, 0.3) is 0 Å². The van der Waals surface area contributed by atoms with Crippen LogP contribution in [0, 0.1) is 17.0 Å². The van der Waals surface area contributed by atoms with Gasteiger partial charge in [-0.15, -0.1) is 0 Å². The maximum atomic E-state index is 11.9. The molecule has 162 valence electrons. The molecule has 0 N–H and O–H groups in total. The molecule has 0 amide bonds. The van der Waals surface area contributed by atoms with Crippen molar-refractivity contribution in [1.82, 2.24) is 0 Å². The molecule has 1 heterocycles. The lowest BCUT2D eigenvalue weighted by Crippen LogP contribution is -2.26. The first-order valence-corrected chi connectivity index (χ1v) is 10.4. The van der Waals surface area contributed by atoms with Crippen molar-refractivity contribution >= 4 is 33.4 Å². The van der Waals surface area contributed by atoms with Crippen LogP contribution in [0.3, 0.4) is 0 Å². The summed E-state index contributed by atoms with van der Waals surface area (Å²) in [5, 5.41) is 11.1. The van der Waals surface area contributed by atoms with Crippen LogP contribution in [0.2, 0.25) is 5.02 Å². The molecule has 0 fully saturated rings. The number of hydrogen-bond acceptors (Lipinski definition) is 7. The van der Waals surface area contributed by atoms with E-state index in [9.17, 15) is 27.9 Å². The van der Waals surface area contributed by atoms with E-state index in [-0.39, 0.29) is 21.4 Å². The molecule has 0 unspecified atom stereocenters. The van der Waals surface area contributed by atoms with Gasteiger partial charge in [0.15, 0.2) is 12.4 Å². The number of hydrogen-bond donors (Lipinski definition) is 0. The molecule has 0 spiro atoms. The number of esters is 1. The number of benzene rings is 2. The monoisotopic (exact) mass is 464 g/mol. The van der Waals surface area contributed by atoms with Gasteiger partial charge in [-0.05, 0) is 31.2 Å². The standard InChI is InChI=1S/C13H10ClN2O4.C7H8O3S/c1-15-6-4-9(5-7-15)13(17)20-12-3-2-10(14)8-11(12)16(18)19;1-6-2-4-7(5-3-6)11(8,9)10/h2-8H,1H3;2-5H,1H3,(H,8,9,10)/q+1;/p-1. The third-order valence-electron chi connectivity index (χ3n) is 3.84. The number of pyridine rings is 1. The Labute approximate surface area is 183 Å². The lowest BCUT2D eigenvalue weighted by molar-refractivity contribution is -0.671. The van der Waals surface area contributed by atoms with Gasteiger partial charge in [-0.2, -0.15) is 0 Å². The summed E-state index contributed by atoms with van der Waals surface area (Å²) in [5.74, 6) is -0.811. The molecule has 3 aromatic rings. The van der Waals surface area contributed by atoms with E-state index in [2.05, 4.69) is 0 Å². The first-order valence-electron chi connectivity index (χ1n) is 8.61. The quantitative estimate of drug-likeness (QED) is 0.145. The molecule has 3 rings (SSSR count). The summed E-state index contributed by atoms with van der Waals surface area (Å²) in [4.78, 5) is 22.0. The highest BCUT2D eigenvalue weighted by Gasteiger charge is 2.19. The topological polar surface area (TPSA) is 131 Å². The second-order valence-electron chi connectivity index (χ2n) is 6.28. The highest BCUT2D eigenvalue weighted by molar-refractivity contribution is 7.85. The number of ether oxygens (including phenoxy) is 1. The predicted molar refractivity (Wildman–Crippen MR) is 110 cm³/mol. The van der Waals surface area contributed by atoms with Gasteiger partial charge >= 0.3 is 11.7 Å². The maximum absolute atomic E-state index is 11.9. The van der Waals surface area contributed by atoms with Crippen LogP contribution in [0.15, 0.2) is 71.9 Å². The van der Waals surface area contributed by atoms with Crippen molar-refractivity contribution in [3.63, 3.8) is 0 Å². The smallest absolute Gasteiger partial charge is 0.344 e. The number of nitro benzene ring substituents is 1. The number of rotatable bonds is 4. The molecule has 0 atom stereocenters. The van der Waals surface area contributed by atoms with Crippen molar-refractivity contribution in [3.05, 3.63) is 93.3 Å². The molecule has 0 saturated carbocycles. The first-order chi connectivity index (χ1) is 14.5. The maximum Gasteiger partial charge on any atom is 0.344 e. The van der Waals surface area contributed by atoms with Crippen LogP contribution < -0.4 is 9.30 Å². The molecule has 0 radical (unpaired) electrons. The summed E-state index contributed by atoms with van der Waals surface area (Å²) >= 11 is 5.68. The Morgan fingerprint density at radius 3 is 2.16 bits per heavy atom. The minimum absolute atomic E-state index is 0.141. The zero-order valence-electron chi connectivity index (χ0n) is 16.4. The van der Waals surface area contributed by atoms with Crippen LogP contribution in [0.4, 0.5) is 5.69 Å². The van der Waals surface area contributed by atoms with Crippen molar-refractivity contribution in [2.45, 2.75) is 11.8 Å². The van der Waals surface area contributed by atoms with Crippen molar-refractivity contribution in [1.29, 1.82) is 0 Å². The Morgan fingerprint density at radius 1 is 1.06 bits per heavy atom. The van der Waals surface area contributed by atoms with E-state index >= 15 is 0 Å². The second-order valence-corrected chi connectivity index (χ2v) is 8.09. The largest absolute Gasteiger partial charge is 0.744 e. The fraction of sp³-hybridized carbons (Fsp3) is 0.100. The molecule has 2 aromatic carbocycles. The van der Waals surface area contributed by atoms with E-state index in [0.29, 0.717) is 5.56 Å². The van der Waals surface area contributed by atoms with E-state index in [1.54, 1.807) is 48.3 Å². The van der Waals surface area contributed by atoms with Gasteiger partial charge in [0.1, 0.15) is 17.2 Å². The summed E-state index contributed by atoms with van der Waals surface area (Å²) in [6.45, 7) is 1.82. The lowest BCUT2D eigenvalue weighted by Gasteiger charge is -2.05. The number of carbonyl (C=O) groups excluding carboxylic acids is 1. The van der Waals surface area contributed by atoms with E-state index in [4.69, 9.17) is 16.3 Å². The van der Waals surface area contributed by atoms with Crippen molar-refractivity contribution < 1.29 is 32.0 Å². The van der Waals surface area contributed by atoms with Crippen LogP contribution in [-0.2, 0) is 17.2 Å². The van der Waals surface area contributed by atoms with E-state index in [0.717, 1.165) is 11.6 Å². The Balaban J connectivity index is 0.000000262. The zero-order chi connectivity index (χ0) is 23.2. The number of nitro groups is 1. The Morgan fingerprint density at radius 2 is 1.65 bits per heavy atom. The van der Waals surface area contributed by atoms with Crippen LogP contribution in [0.1, 0.15) is 15.9 Å². The van der Waals surface area contributed by atoms with Crippen molar-refractivity contribution in [3.8, 4) is 5.75 Å². The fourth-order valence-corrected chi connectivity index (χ4v) is 2.86. The summed E-state index contributed by atoms with van der Waals surface area (Å²) in [6.07, 6.45) is 3.35. The Kier molecular flexibility index (Phi) is 7.81. The number of nitrogens with zero attached hydrogens (tertiary/aromatic N) is 2. The number of aromatic nitrogens is 1. The lowest BCUT2D eigenvalue weighted by atomic mass is 10.2. The molecule has 9 nitrogen and oxygen atoms in total. The zero-order valence-corrected chi connectivity index (χ0v) is 18.0. The fourth-order valence-electron chi connectivity index (χ4n) is 2.22. The minimum atomic E-state index is -4.27. The van der Waals surface area contributed by atoms with Gasteiger partial charge in [-0.25, -0.2) is 17.8 Å². The van der Waals surface area contributed by atoms with Crippen LogP contribution in [0.5, 0.6) is 5.75 Å². The summed E-state index contributed by atoms with van der Waals surface area (Å²) in [5.41, 5.74) is 0.872. The Hall–Kier alpha value is -3.34. The molecule has 0 aliphatic heterocycles. The van der Waals surface area contributed by atoms with Gasteiger partial charge < -0.3 is 9.29 Å². The first kappa shape index (κ1) is 23.9. The molecular formula is C20H17ClN2O7S. The molecule has 1 aromatic heterocycles. The van der Waals surface area contributed by atoms with E-state index in [1.807, 2.05) is 6.92 Å². The third kappa shape index (κ3) is 7.14. The molecule has 0 saturated heterocycles. The minimum Gasteiger partial charge on any atom is -0.744 e. The molecule has 11 heteroatoms. The van der Waals surface area contributed by atoms with Crippen molar-refractivity contribution in [2.75, 3.05) is 0 Å². The molecule has 0 bridgehead atoms. The molecular weight excluding hydrogens is 448 g/mol. The normalized spacial score (nSPS) is 10.6. The molecule has 0 aliphatic rings. The highest BCUT2D eigenvalue weighted by Crippen LogP contribution is 2.30. The van der Waals surface area contributed by atoms with E-state index < -0.39 is 21.0 Å². The van der Waals surface area contributed by atoms with Crippen LogP contribution in [-0.4, -0.2) is 23.9 Å². The average Bonchev–Trinajstić information content (AvgIpc) is 2.70. The number of halogens is 1. The summed E-state index contributed by atoms with van der Waals surface area (Å²) in [7, 11) is -2.46. The van der Waals surface area contributed by atoms with Crippen molar-refractivity contribution in [2.24, 2.45) is 7.05 Å². The Bertz CT molecular complexity index is 1200. The van der Waals surface area contributed by atoms with Gasteiger partial charge in [-0.3, -0.25) is 10.1 Å². The average molecular weight is 465 g/mol.